The maximum absolute atomic E-state index is 9.15. The van der Waals surface area contributed by atoms with E-state index in [-0.39, 0.29) is 5.92 Å². The molecule has 0 radical (unpaired) electrons. The molecule has 1 fully saturated rings. The van der Waals surface area contributed by atoms with Crippen molar-refractivity contribution in [1.29, 1.82) is 5.26 Å². The Morgan fingerprint density at radius 3 is 2.53 bits per heavy atom. The van der Waals surface area contributed by atoms with Crippen molar-refractivity contribution >= 4 is 0 Å². The molecular weight excluding hydrogens is 208 g/mol. The number of nitrogens with zero attached hydrogens (tertiary/aromatic N) is 2. The van der Waals surface area contributed by atoms with E-state index in [1.807, 2.05) is 7.05 Å². The molecular formula is C15H25N2+. The summed E-state index contributed by atoms with van der Waals surface area (Å²) in [6, 6.07) is 5.68. The van der Waals surface area contributed by atoms with Crippen LogP contribution in [0.25, 0.3) is 4.85 Å². The highest BCUT2D eigenvalue weighted by Crippen LogP contribution is 2.58. The normalized spacial score (nSPS) is 32.9. The van der Waals surface area contributed by atoms with Crippen molar-refractivity contribution in [3.63, 3.8) is 0 Å². The molecule has 1 saturated carbocycles. The van der Waals surface area contributed by atoms with Crippen LogP contribution in [0.1, 0.15) is 52.9 Å². The van der Waals surface area contributed by atoms with Gasteiger partial charge in [0, 0.05) is 5.92 Å². The van der Waals surface area contributed by atoms with Crippen LogP contribution in [0.5, 0.6) is 0 Å². The van der Waals surface area contributed by atoms with Gasteiger partial charge in [-0.15, -0.1) is 0 Å². The minimum absolute atomic E-state index is 0.225. The summed E-state index contributed by atoms with van der Waals surface area (Å²) in [5, 5.41) is 9.15. The van der Waals surface area contributed by atoms with Crippen LogP contribution in [0.3, 0.4) is 0 Å². The molecule has 1 aliphatic carbocycles. The lowest BCUT2D eigenvalue weighted by Crippen LogP contribution is -2.47. The zero-order valence-electron chi connectivity index (χ0n) is 11.7. The van der Waals surface area contributed by atoms with Gasteiger partial charge in [0.15, 0.2) is 0 Å². The van der Waals surface area contributed by atoms with Gasteiger partial charge in [0.2, 0.25) is 0 Å². The Bertz CT molecular complexity index is 344. The summed E-state index contributed by atoms with van der Waals surface area (Å²) in [6.07, 6.45) is 5.59. The fourth-order valence-corrected chi connectivity index (χ4v) is 3.57. The Balaban J connectivity index is 2.77. The van der Waals surface area contributed by atoms with Crippen LogP contribution in [0.2, 0.25) is 0 Å². The van der Waals surface area contributed by atoms with Gasteiger partial charge >= 0.3 is 0 Å². The molecule has 0 aromatic rings. The first-order valence-corrected chi connectivity index (χ1v) is 6.91. The highest BCUT2D eigenvalue weighted by molar-refractivity contribution is 5.12. The van der Waals surface area contributed by atoms with Crippen molar-refractivity contribution in [2.75, 3.05) is 7.05 Å². The summed E-state index contributed by atoms with van der Waals surface area (Å²) >= 11 is 0. The van der Waals surface area contributed by atoms with E-state index in [0.717, 1.165) is 12.8 Å². The third-order valence-corrected chi connectivity index (χ3v) is 4.67. The number of rotatable bonds is 5. The van der Waals surface area contributed by atoms with Gasteiger partial charge in [-0.3, -0.25) is 0 Å². The van der Waals surface area contributed by atoms with Gasteiger partial charge in [0.25, 0.3) is 13.1 Å². The van der Waals surface area contributed by atoms with Crippen molar-refractivity contribution < 1.29 is 0 Å². The summed E-state index contributed by atoms with van der Waals surface area (Å²) in [6.45, 7) is 6.64. The molecule has 0 saturated heterocycles. The fourth-order valence-electron chi connectivity index (χ4n) is 3.57. The third-order valence-electron chi connectivity index (χ3n) is 4.67. The lowest BCUT2D eigenvalue weighted by Gasteiger charge is -2.52. The molecule has 17 heavy (non-hydrogen) atoms. The van der Waals surface area contributed by atoms with E-state index in [9.17, 15) is 0 Å². The number of nitriles is 1. The van der Waals surface area contributed by atoms with Crippen molar-refractivity contribution in [1.82, 2.24) is 0 Å². The number of hydrogen-bond acceptors (Lipinski definition) is 1. The monoisotopic (exact) mass is 233 g/mol. The Morgan fingerprint density at radius 1 is 1.41 bits per heavy atom. The van der Waals surface area contributed by atoms with E-state index < -0.39 is 0 Å². The van der Waals surface area contributed by atoms with E-state index in [4.69, 9.17) is 5.26 Å². The Labute approximate surface area is 106 Å². The highest BCUT2D eigenvalue weighted by atomic mass is 14.6. The molecule has 2 nitrogen and oxygen atoms in total. The van der Waals surface area contributed by atoms with E-state index in [1.165, 1.54) is 19.3 Å². The first-order valence-electron chi connectivity index (χ1n) is 6.91. The van der Waals surface area contributed by atoms with E-state index in [1.54, 1.807) is 0 Å². The molecule has 0 amide bonds. The molecule has 0 N–H and O–H groups in total. The van der Waals surface area contributed by atoms with Gasteiger partial charge in [-0.1, -0.05) is 38.5 Å². The SMILES string of the molecule is CCC(C#N)CC1(CC)CC(C#[N+]C)C1CC. The number of hydrogen-bond donors (Lipinski definition) is 0. The van der Waals surface area contributed by atoms with Gasteiger partial charge < -0.3 is 0 Å². The van der Waals surface area contributed by atoms with Crippen molar-refractivity contribution in [3.05, 3.63) is 4.85 Å². The van der Waals surface area contributed by atoms with Crippen LogP contribution in [-0.4, -0.2) is 7.05 Å². The van der Waals surface area contributed by atoms with Crippen molar-refractivity contribution in [3.8, 4) is 12.1 Å². The molecule has 0 aliphatic heterocycles. The molecule has 94 valence electrons. The molecule has 4 atom stereocenters. The summed E-state index contributed by atoms with van der Waals surface area (Å²) in [4.78, 5) is 4.06. The molecule has 2 heteroatoms. The molecule has 0 aromatic heterocycles. The first-order chi connectivity index (χ1) is 8.17. The largest absolute Gasteiger partial charge is 0.276 e. The molecule has 1 aliphatic rings. The second kappa shape index (κ2) is 6.06. The zero-order chi connectivity index (χ0) is 12.9. The maximum atomic E-state index is 9.15. The summed E-state index contributed by atoms with van der Waals surface area (Å²) < 4.78 is 0. The second-order valence-electron chi connectivity index (χ2n) is 5.33. The third kappa shape index (κ3) is 2.63. The topological polar surface area (TPSA) is 28.1 Å². The van der Waals surface area contributed by atoms with Gasteiger partial charge in [0.1, 0.15) is 0 Å². The smallest absolute Gasteiger partial charge is 0.198 e. The quantitative estimate of drug-likeness (QED) is 0.694. The minimum Gasteiger partial charge on any atom is -0.198 e. The minimum atomic E-state index is 0.225. The van der Waals surface area contributed by atoms with E-state index >= 15 is 0 Å². The second-order valence-corrected chi connectivity index (χ2v) is 5.33. The predicted molar refractivity (Wildman–Crippen MR) is 71.8 cm³/mol. The van der Waals surface area contributed by atoms with E-state index in [2.05, 4.69) is 37.8 Å². The Kier molecular flexibility index (Phi) is 5.01. The summed E-state index contributed by atoms with van der Waals surface area (Å²) in [7, 11) is 1.81. The molecule has 0 spiro atoms. The van der Waals surface area contributed by atoms with Crippen molar-refractivity contribution in [2.45, 2.75) is 52.9 Å². The van der Waals surface area contributed by atoms with Crippen LogP contribution in [0.4, 0.5) is 0 Å². The average molecular weight is 233 g/mol. The highest BCUT2D eigenvalue weighted by Gasteiger charge is 2.53. The standard InChI is InChI=1S/C15H25N2/c1-5-12(10-16)8-15(7-3)9-13(11-17-4)14(15)6-2/h12-14H,5-9H2,1-4H3/q+1. The van der Waals surface area contributed by atoms with Gasteiger partial charge in [0.05, 0.1) is 12.0 Å². The van der Waals surface area contributed by atoms with E-state index in [0.29, 0.717) is 17.3 Å². The van der Waals surface area contributed by atoms with Crippen LogP contribution >= 0.6 is 0 Å². The maximum Gasteiger partial charge on any atom is 0.276 e. The lowest BCUT2D eigenvalue weighted by molar-refractivity contribution is -0.0365. The van der Waals surface area contributed by atoms with Gasteiger partial charge in [-0.2, -0.15) is 5.26 Å². The van der Waals surface area contributed by atoms with Gasteiger partial charge in [-0.25, -0.2) is 0 Å². The van der Waals surface area contributed by atoms with Crippen LogP contribution in [0.15, 0.2) is 0 Å². The van der Waals surface area contributed by atoms with Crippen molar-refractivity contribution in [2.24, 2.45) is 23.2 Å². The predicted octanol–water partition coefficient (Wildman–Crippen LogP) is 4.33. The average Bonchev–Trinajstić information content (AvgIpc) is 2.33. The molecule has 0 heterocycles. The molecule has 0 bridgehead atoms. The molecule has 0 aromatic carbocycles. The molecule has 4 unspecified atom stereocenters. The Hall–Kier alpha value is -1.02. The van der Waals surface area contributed by atoms with Crippen LogP contribution < -0.4 is 0 Å². The van der Waals surface area contributed by atoms with Gasteiger partial charge in [-0.05, 0) is 30.6 Å². The molecule has 1 rings (SSSR count). The summed E-state index contributed by atoms with van der Waals surface area (Å²) in [5.41, 5.74) is 0.382. The fraction of sp³-hybridized carbons (Fsp3) is 0.867. The van der Waals surface area contributed by atoms with Crippen LogP contribution in [0, 0.1) is 40.6 Å². The zero-order valence-corrected chi connectivity index (χ0v) is 11.7. The van der Waals surface area contributed by atoms with Crippen LogP contribution in [-0.2, 0) is 0 Å². The summed E-state index contributed by atoms with van der Waals surface area (Å²) in [5.74, 6) is 1.43. The first kappa shape index (κ1) is 14.0. The lowest BCUT2D eigenvalue weighted by atomic mass is 9.49. The Morgan fingerprint density at radius 2 is 2.12 bits per heavy atom.